The molecule has 7 nitrogen and oxygen atoms in total. The molecule has 1 spiro atoms. The molecule has 0 amide bonds. The Morgan fingerprint density at radius 1 is 1.18 bits per heavy atom. The number of methoxy groups -OCH3 is 1. The van der Waals surface area contributed by atoms with Gasteiger partial charge >= 0.3 is 5.97 Å². The lowest BCUT2D eigenvalue weighted by Crippen LogP contribution is -2.55. The highest BCUT2D eigenvalue weighted by molar-refractivity contribution is 5.86. The summed E-state index contributed by atoms with van der Waals surface area (Å²) in [4.78, 5) is 11.9. The number of nitrogens with zero attached hydrogens (tertiary/aromatic N) is 3. The molecule has 40 heavy (non-hydrogen) atoms. The molecule has 1 unspecified atom stereocenters. The van der Waals surface area contributed by atoms with Gasteiger partial charge in [0.1, 0.15) is 0 Å². The smallest absolute Gasteiger partial charge is 0.360 e. The molecule has 3 saturated carbocycles. The van der Waals surface area contributed by atoms with Crippen molar-refractivity contribution in [1.29, 1.82) is 0 Å². The molecule has 0 bridgehead atoms. The maximum Gasteiger partial charge on any atom is 0.360 e. The van der Waals surface area contributed by atoms with Crippen LogP contribution in [0.4, 0.5) is 0 Å². The van der Waals surface area contributed by atoms with Crippen molar-refractivity contribution < 1.29 is 14.3 Å². The van der Waals surface area contributed by atoms with E-state index in [0.717, 1.165) is 43.6 Å². The number of fused-ring (bicyclic) bond motifs is 6. The summed E-state index contributed by atoms with van der Waals surface area (Å²) in [5.41, 5.74) is 4.14. The third-order valence-corrected chi connectivity index (χ3v) is 13.3. The molecule has 2 saturated heterocycles. The Kier molecular flexibility index (Phi) is 6.37. The van der Waals surface area contributed by atoms with E-state index in [1.165, 1.54) is 52.1 Å². The van der Waals surface area contributed by atoms with Crippen molar-refractivity contribution in [2.75, 3.05) is 13.7 Å². The lowest BCUT2D eigenvalue weighted by Gasteiger charge is -2.54. The van der Waals surface area contributed by atoms with Gasteiger partial charge in [0.05, 0.1) is 30.6 Å². The molecule has 0 radical (unpaired) electrons. The predicted octanol–water partition coefficient (Wildman–Crippen LogP) is 6.12. The minimum atomic E-state index is -0.404. The molecule has 2 aliphatic heterocycles. The molecule has 6 aliphatic rings. The number of ether oxygens (including phenoxy) is 2. The standard InChI is InChI=1S/C33H50N4O3/c1-19-15-32(5)29(34-17-19)21(3)33(40-32)12-10-24-25-8-7-22-13-23(37-18-28(35-36-37)30(38)39-6)9-11-31(22,4)27(25)14-26(24)20(2)16-33/h18-19,21-25,27,29,34H,7-17H2,1-6H3/t19-,21+,22+,23-,24-,25-,27-,29-,31-,32?,33-/m0/s1. The molecule has 1 aromatic heterocycles. The van der Waals surface area contributed by atoms with Crippen LogP contribution in [0.3, 0.4) is 0 Å². The van der Waals surface area contributed by atoms with E-state index in [1.807, 2.05) is 10.3 Å². The lowest BCUT2D eigenvalue weighted by molar-refractivity contribution is -0.124. The molecule has 5 fully saturated rings. The van der Waals surface area contributed by atoms with E-state index in [1.54, 1.807) is 11.8 Å². The summed E-state index contributed by atoms with van der Waals surface area (Å²) in [6, 6.07) is 0.806. The number of esters is 1. The van der Waals surface area contributed by atoms with Crippen LogP contribution in [0.25, 0.3) is 0 Å². The molecule has 7 heteroatoms. The van der Waals surface area contributed by atoms with Crippen LogP contribution in [-0.2, 0) is 9.47 Å². The minimum absolute atomic E-state index is 0.00654. The summed E-state index contributed by atoms with van der Waals surface area (Å²) >= 11 is 0. The highest BCUT2D eigenvalue weighted by Gasteiger charge is 2.62. The number of allylic oxidation sites excluding steroid dienone is 1. The summed E-state index contributed by atoms with van der Waals surface area (Å²) in [6.45, 7) is 13.5. The lowest BCUT2D eigenvalue weighted by atomic mass is 9.52. The zero-order valence-electron chi connectivity index (χ0n) is 25.5. The quantitative estimate of drug-likeness (QED) is 0.353. The average Bonchev–Trinajstić information content (AvgIpc) is 3.58. The number of rotatable bonds is 2. The maximum atomic E-state index is 11.9. The molecule has 1 aromatic rings. The Morgan fingerprint density at radius 2 is 2.00 bits per heavy atom. The van der Waals surface area contributed by atoms with Crippen LogP contribution >= 0.6 is 0 Å². The summed E-state index contributed by atoms with van der Waals surface area (Å²) in [7, 11) is 1.40. The normalized spacial score (nSPS) is 48.2. The molecule has 1 N–H and O–H groups in total. The predicted molar refractivity (Wildman–Crippen MR) is 154 cm³/mol. The van der Waals surface area contributed by atoms with Crippen LogP contribution in [0.2, 0.25) is 0 Å². The number of carbonyl (C=O) groups is 1. The highest BCUT2D eigenvalue weighted by atomic mass is 16.5. The highest BCUT2D eigenvalue weighted by Crippen LogP contribution is 2.66. The van der Waals surface area contributed by atoms with Gasteiger partial charge in [-0.05, 0) is 120 Å². The third kappa shape index (κ3) is 3.92. The summed E-state index contributed by atoms with van der Waals surface area (Å²) in [6.07, 6.45) is 14.1. The van der Waals surface area contributed by atoms with E-state index in [4.69, 9.17) is 9.47 Å². The molecule has 4 aliphatic carbocycles. The van der Waals surface area contributed by atoms with Crippen LogP contribution in [0.15, 0.2) is 17.3 Å². The van der Waals surface area contributed by atoms with Gasteiger partial charge in [0.15, 0.2) is 5.69 Å². The number of hydrogen-bond donors (Lipinski definition) is 1. The van der Waals surface area contributed by atoms with Gasteiger partial charge in [0.25, 0.3) is 0 Å². The van der Waals surface area contributed by atoms with E-state index in [0.29, 0.717) is 40.9 Å². The van der Waals surface area contributed by atoms with Gasteiger partial charge in [0, 0.05) is 12.0 Å². The van der Waals surface area contributed by atoms with Gasteiger partial charge in [-0.15, -0.1) is 5.10 Å². The van der Waals surface area contributed by atoms with Crippen molar-refractivity contribution >= 4 is 5.97 Å². The fraction of sp³-hybridized carbons (Fsp3) is 0.848. The zero-order chi connectivity index (χ0) is 28.0. The molecular weight excluding hydrogens is 500 g/mol. The van der Waals surface area contributed by atoms with E-state index >= 15 is 0 Å². The van der Waals surface area contributed by atoms with E-state index in [2.05, 4.69) is 50.2 Å². The van der Waals surface area contributed by atoms with Crippen LogP contribution < -0.4 is 5.32 Å². The Labute approximate surface area is 240 Å². The van der Waals surface area contributed by atoms with Crippen LogP contribution in [0, 0.1) is 40.9 Å². The number of aromatic nitrogens is 3. The topological polar surface area (TPSA) is 78.3 Å². The van der Waals surface area contributed by atoms with E-state index in [9.17, 15) is 4.79 Å². The zero-order valence-corrected chi connectivity index (χ0v) is 25.5. The first-order valence-corrected chi connectivity index (χ1v) is 16.2. The maximum absolute atomic E-state index is 11.9. The van der Waals surface area contributed by atoms with Crippen molar-refractivity contribution in [3.63, 3.8) is 0 Å². The van der Waals surface area contributed by atoms with Crippen molar-refractivity contribution in [2.45, 2.75) is 122 Å². The summed E-state index contributed by atoms with van der Waals surface area (Å²) in [5, 5.41) is 12.3. The van der Waals surface area contributed by atoms with Gasteiger partial charge in [-0.25, -0.2) is 9.48 Å². The van der Waals surface area contributed by atoms with E-state index in [-0.39, 0.29) is 11.2 Å². The Hall–Kier alpha value is -1.73. The third-order valence-electron chi connectivity index (χ3n) is 13.3. The summed E-state index contributed by atoms with van der Waals surface area (Å²) < 4.78 is 14.1. The van der Waals surface area contributed by atoms with Gasteiger partial charge in [-0.2, -0.15) is 0 Å². The number of nitrogens with one attached hydrogen (secondary N) is 1. The van der Waals surface area contributed by atoms with Crippen molar-refractivity contribution in [3.05, 3.63) is 23.0 Å². The fourth-order valence-corrected chi connectivity index (χ4v) is 11.3. The Bertz CT molecular complexity index is 1210. The molecule has 220 valence electrons. The van der Waals surface area contributed by atoms with Crippen molar-refractivity contribution in [1.82, 2.24) is 20.3 Å². The first kappa shape index (κ1) is 27.1. The fourth-order valence-electron chi connectivity index (χ4n) is 11.3. The molecule has 7 rings (SSSR count). The van der Waals surface area contributed by atoms with E-state index < -0.39 is 5.97 Å². The Morgan fingerprint density at radius 3 is 2.80 bits per heavy atom. The van der Waals surface area contributed by atoms with Crippen LogP contribution in [0.1, 0.15) is 115 Å². The largest absolute Gasteiger partial charge is 0.464 e. The Balaban J connectivity index is 1.10. The second kappa shape index (κ2) is 9.39. The minimum Gasteiger partial charge on any atom is -0.464 e. The first-order chi connectivity index (χ1) is 19.1. The number of piperidine rings is 1. The number of hydrogen-bond acceptors (Lipinski definition) is 6. The van der Waals surface area contributed by atoms with Gasteiger partial charge in [-0.1, -0.05) is 37.1 Å². The molecule has 11 atom stereocenters. The molecular formula is C33H50N4O3. The second-order valence-corrected chi connectivity index (χ2v) is 15.3. The monoisotopic (exact) mass is 550 g/mol. The van der Waals surface area contributed by atoms with Gasteiger partial charge in [0.2, 0.25) is 0 Å². The average molecular weight is 551 g/mol. The molecule has 0 aromatic carbocycles. The van der Waals surface area contributed by atoms with Crippen LogP contribution in [-0.4, -0.2) is 51.9 Å². The summed E-state index contributed by atoms with van der Waals surface area (Å²) in [5.74, 6) is 3.90. The van der Waals surface area contributed by atoms with Gasteiger partial charge < -0.3 is 14.8 Å². The van der Waals surface area contributed by atoms with Crippen molar-refractivity contribution in [3.8, 4) is 0 Å². The second-order valence-electron chi connectivity index (χ2n) is 15.3. The first-order valence-electron chi connectivity index (χ1n) is 16.2. The SMILES string of the molecule is COC(=O)c1cn([C@H]2CC[C@@]3(C)[C@H](CC[C@H]4[C@@H]5CC[C@@]6(CC(C)=C5C[C@@H]43)OC3(C)C[C@H](C)CN[C@H]3[C@H]6C)C2)nn1. The van der Waals surface area contributed by atoms with Gasteiger partial charge in [-0.3, -0.25) is 0 Å². The number of carbonyl (C=O) groups excluding carboxylic acids is 1. The van der Waals surface area contributed by atoms with Crippen LogP contribution in [0.5, 0.6) is 0 Å². The molecule has 3 heterocycles. The van der Waals surface area contributed by atoms with Crippen molar-refractivity contribution in [2.24, 2.45) is 40.9 Å².